The first-order chi connectivity index (χ1) is 8.76. The Morgan fingerprint density at radius 3 is 2.56 bits per heavy atom. The molecular weight excluding hydrogens is 220 g/mol. The molecule has 0 fully saturated rings. The zero-order valence-electron chi connectivity index (χ0n) is 11.3. The van der Waals surface area contributed by atoms with E-state index < -0.39 is 0 Å². The van der Waals surface area contributed by atoms with Gasteiger partial charge in [-0.05, 0) is 24.0 Å². The maximum Gasteiger partial charge on any atom is 0.0749 e. The van der Waals surface area contributed by atoms with E-state index in [4.69, 9.17) is 5.73 Å². The monoisotopic (exact) mass is 242 g/mol. The number of pyridine rings is 1. The van der Waals surface area contributed by atoms with Crippen molar-refractivity contribution < 1.29 is 0 Å². The third-order valence-electron chi connectivity index (χ3n) is 3.81. The molecule has 2 aromatic rings. The lowest BCUT2D eigenvalue weighted by atomic mass is 9.91. The quantitative estimate of drug-likeness (QED) is 0.858. The van der Waals surface area contributed by atoms with Crippen molar-refractivity contribution in [2.24, 2.45) is 11.7 Å². The van der Waals surface area contributed by atoms with Gasteiger partial charge in [0.1, 0.15) is 0 Å². The lowest BCUT2D eigenvalue weighted by Crippen LogP contribution is -2.15. The summed E-state index contributed by atoms with van der Waals surface area (Å²) in [6.45, 7) is 4.48. The molecule has 0 aliphatic heterocycles. The number of rotatable bonds is 5. The minimum absolute atomic E-state index is 0.0912. The van der Waals surface area contributed by atoms with Gasteiger partial charge in [0.15, 0.2) is 0 Å². The molecule has 0 saturated heterocycles. The molecule has 0 amide bonds. The Balaban J connectivity index is 2.30. The molecule has 2 rings (SSSR count). The summed E-state index contributed by atoms with van der Waals surface area (Å²) in [4.78, 5) is 4.48. The normalized spacial score (nSPS) is 13.1. The van der Waals surface area contributed by atoms with Crippen LogP contribution in [0, 0.1) is 5.92 Å². The first kappa shape index (κ1) is 13.0. The Bertz CT molecular complexity index is 498. The topological polar surface area (TPSA) is 38.9 Å². The highest BCUT2D eigenvalue weighted by atomic mass is 14.7. The van der Waals surface area contributed by atoms with Crippen LogP contribution in [-0.2, 0) is 0 Å². The molecule has 0 spiro atoms. The molecule has 0 aliphatic rings. The molecule has 0 bridgehead atoms. The number of aromatic nitrogens is 1. The second-order valence-electron chi connectivity index (χ2n) is 4.95. The van der Waals surface area contributed by atoms with Gasteiger partial charge >= 0.3 is 0 Å². The van der Waals surface area contributed by atoms with Crippen molar-refractivity contribution in [3.05, 3.63) is 42.1 Å². The van der Waals surface area contributed by atoms with Crippen LogP contribution in [0.2, 0.25) is 0 Å². The van der Waals surface area contributed by atoms with Crippen LogP contribution in [0.15, 0.2) is 36.5 Å². The Labute approximate surface area is 109 Å². The minimum Gasteiger partial charge on any atom is -0.324 e. The fourth-order valence-corrected chi connectivity index (χ4v) is 2.54. The van der Waals surface area contributed by atoms with Crippen LogP contribution in [-0.4, -0.2) is 4.98 Å². The van der Waals surface area contributed by atoms with Crippen LogP contribution in [0.25, 0.3) is 10.9 Å². The van der Waals surface area contributed by atoms with Crippen molar-refractivity contribution in [1.29, 1.82) is 0 Å². The molecule has 1 unspecified atom stereocenters. The van der Waals surface area contributed by atoms with E-state index in [1.807, 2.05) is 12.3 Å². The highest BCUT2D eigenvalue weighted by Crippen LogP contribution is 2.27. The second-order valence-corrected chi connectivity index (χ2v) is 4.95. The summed E-state index contributed by atoms with van der Waals surface area (Å²) in [5, 5.41) is 1.18. The van der Waals surface area contributed by atoms with Crippen molar-refractivity contribution in [1.82, 2.24) is 4.98 Å². The fraction of sp³-hybridized carbons (Fsp3) is 0.438. The molecule has 18 heavy (non-hydrogen) atoms. The summed E-state index contributed by atoms with van der Waals surface area (Å²) in [5.41, 5.74) is 8.61. The van der Waals surface area contributed by atoms with E-state index in [9.17, 15) is 0 Å². The molecule has 1 aromatic carbocycles. The minimum atomic E-state index is 0.0912. The maximum absolute atomic E-state index is 6.37. The summed E-state index contributed by atoms with van der Waals surface area (Å²) in [6.07, 6.45) is 5.28. The molecule has 0 radical (unpaired) electrons. The van der Waals surface area contributed by atoms with Crippen molar-refractivity contribution in [3.63, 3.8) is 0 Å². The van der Waals surface area contributed by atoms with Gasteiger partial charge in [-0.3, -0.25) is 4.98 Å². The molecule has 2 heteroatoms. The number of fused-ring (bicyclic) bond motifs is 1. The molecule has 0 saturated carbocycles. The first-order valence-corrected chi connectivity index (χ1v) is 6.85. The average Bonchev–Trinajstić information content (AvgIpc) is 2.43. The molecule has 2 nitrogen and oxygen atoms in total. The van der Waals surface area contributed by atoms with Gasteiger partial charge in [-0.1, -0.05) is 51.0 Å². The summed E-state index contributed by atoms with van der Waals surface area (Å²) in [5.74, 6) is 0.707. The van der Waals surface area contributed by atoms with E-state index in [-0.39, 0.29) is 6.04 Å². The van der Waals surface area contributed by atoms with Gasteiger partial charge in [0.05, 0.1) is 5.52 Å². The van der Waals surface area contributed by atoms with Crippen molar-refractivity contribution >= 4 is 10.9 Å². The molecule has 0 aliphatic carbocycles. The van der Waals surface area contributed by atoms with Crippen LogP contribution in [0.1, 0.15) is 44.7 Å². The Morgan fingerprint density at radius 1 is 1.11 bits per heavy atom. The smallest absolute Gasteiger partial charge is 0.0749 e. The molecule has 1 heterocycles. The second kappa shape index (κ2) is 5.96. The molecule has 1 aromatic heterocycles. The van der Waals surface area contributed by atoms with Gasteiger partial charge in [-0.2, -0.15) is 0 Å². The molecule has 2 N–H and O–H groups in total. The van der Waals surface area contributed by atoms with Crippen molar-refractivity contribution in [3.8, 4) is 0 Å². The van der Waals surface area contributed by atoms with Gasteiger partial charge in [0.25, 0.3) is 0 Å². The summed E-state index contributed by atoms with van der Waals surface area (Å²) < 4.78 is 0. The van der Waals surface area contributed by atoms with E-state index in [0.29, 0.717) is 5.92 Å². The number of hydrogen-bond acceptors (Lipinski definition) is 2. The largest absolute Gasteiger partial charge is 0.324 e. The third-order valence-corrected chi connectivity index (χ3v) is 3.81. The van der Waals surface area contributed by atoms with E-state index >= 15 is 0 Å². The van der Waals surface area contributed by atoms with Crippen LogP contribution in [0.5, 0.6) is 0 Å². The van der Waals surface area contributed by atoms with Crippen LogP contribution in [0.4, 0.5) is 0 Å². The van der Waals surface area contributed by atoms with Crippen LogP contribution in [0.3, 0.4) is 0 Å². The standard InChI is InChI=1S/C16H22N2/c1-3-12(4-2)11-15(17)14-9-5-7-13-8-6-10-18-16(13)14/h5-10,12,15H,3-4,11,17H2,1-2H3. The van der Waals surface area contributed by atoms with Gasteiger partial charge in [-0.25, -0.2) is 0 Å². The van der Waals surface area contributed by atoms with E-state index in [2.05, 4.69) is 43.1 Å². The third kappa shape index (κ3) is 2.70. The number of benzene rings is 1. The maximum atomic E-state index is 6.37. The average molecular weight is 242 g/mol. The van der Waals surface area contributed by atoms with Crippen LogP contribution >= 0.6 is 0 Å². The van der Waals surface area contributed by atoms with Crippen molar-refractivity contribution in [2.75, 3.05) is 0 Å². The highest BCUT2D eigenvalue weighted by Gasteiger charge is 2.14. The summed E-state index contributed by atoms with van der Waals surface area (Å²) in [6, 6.07) is 10.4. The number of para-hydroxylation sites is 1. The van der Waals surface area contributed by atoms with Gasteiger partial charge in [-0.15, -0.1) is 0 Å². The fourth-order valence-electron chi connectivity index (χ4n) is 2.54. The summed E-state index contributed by atoms with van der Waals surface area (Å²) in [7, 11) is 0. The van der Waals surface area contributed by atoms with E-state index in [0.717, 1.165) is 11.9 Å². The molecule has 1 atom stereocenters. The number of nitrogens with two attached hydrogens (primary N) is 1. The Kier molecular flexibility index (Phi) is 4.32. The zero-order valence-corrected chi connectivity index (χ0v) is 11.3. The van der Waals surface area contributed by atoms with Crippen molar-refractivity contribution in [2.45, 2.75) is 39.2 Å². The summed E-state index contributed by atoms with van der Waals surface area (Å²) >= 11 is 0. The Morgan fingerprint density at radius 2 is 1.83 bits per heavy atom. The Hall–Kier alpha value is -1.41. The molecule has 96 valence electrons. The predicted octanol–water partition coefficient (Wildman–Crippen LogP) is 4.06. The lowest BCUT2D eigenvalue weighted by molar-refractivity contribution is 0.415. The van der Waals surface area contributed by atoms with Crippen LogP contribution < -0.4 is 5.73 Å². The first-order valence-electron chi connectivity index (χ1n) is 6.85. The molecular formula is C16H22N2. The number of nitrogens with zero attached hydrogens (tertiary/aromatic N) is 1. The van der Waals surface area contributed by atoms with Gasteiger partial charge in [0.2, 0.25) is 0 Å². The van der Waals surface area contributed by atoms with E-state index in [1.165, 1.54) is 23.8 Å². The van der Waals surface area contributed by atoms with E-state index in [1.54, 1.807) is 0 Å². The zero-order chi connectivity index (χ0) is 13.0. The lowest BCUT2D eigenvalue weighted by Gasteiger charge is -2.19. The predicted molar refractivity (Wildman–Crippen MR) is 77.4 cm³/mol. The highest BCUT2D eigenvalue weighted by molar-refractivity contribution is 5.81. The SMILES string of the molecule is CCC(CC)CC(N)c1cccc2cccnc12. The van der Waals surface area contributed by atoms with Gasteiger partial charge < -0.3 is 5.73 Å². The number of hydrogen-bond donors (Lipinski definition) is 1. The van der Waals surface area contributed by atoms with Gasteiger partial charge in [0, 0.05) is 17.6 Å².